The highest BCUT2D eigenvalue weighted by Gasteiger charge is 2.31. The van der Waals surface area contributed by atoms with Gasteiger partial charge in [0.15, 0.2) is 0 Å². The molecule has 1 aliphatic heterocycles. The summed E-state index contributed by atoms with van der Waals surface area (Å²) in [7, 11) is 0. The van der Waals surface area contributed by atoms with E-state index in [-0.39, 0.29) is 30.8 Å². The maximum atomic E-state index is 12.2. The number of carboxylic acid groups (broad SMARTS) is 1. The van der Waals surface area contributed by atoms with Gasteiger partial charge in [0.1, 0.15) is 0 Å². The van der Waals surface area contributed by atoms with Gasteiger partial charge in [0.2, 0.25) is 11.8 Å². The number of carboxylic acids is 1. The third-order valence-corrected chi connectivity index (χ3v) is 5.00. The van der Waals surface area contributed by atoms with Crippen molar-refractivity contribution in [2.75, 3.05) is 19.6 Å². The summed E-state index contributed by atoms with van der Waals surface area (Å²) in [5.74, 6) is -0.974. The van der Waals surface area contributed by atoms with Crippen molar-refractivity contribution in [2.24, 2.45) is 17.8 Å². The summed E-state index contributed by atoms with van der Waals surface area (Å²) in [6.45, 7) is 2.75. The molecule has 1 saturated heterocycles. The molecule has 2 aliphatic rings. The number of carbonyl (C=O) groups is 3. The quantitative estimate of drug-likeness (QED) is 0.805. The van der Waals surface area contributed by atoms with E-state index in [1.54, 1.807) is 4.90 Å². The van der Waals surface area contributed by atoms with Crippen LogP contribution in [-0.2, 0) is 14.4 Å². The predicted octanol–water partition coefficient (Wildman–Crippen LogP) is 1.64. The third-order valence-electron chi connectivity index (χ3n) is 5.00. The minimum Gasteiger partial charge on any atom is -0.481 e. The van der Waals surface area contributed by atoms with E-state index in [2.05, 4.69) is 5.32 Å². The Morgan fingerprint density at radius 2 is 1.83 bits per heavy atom. The molecule has 6 nitrogen and oxygen atoms in total. The summed E-state index contributed by atoms with van der Waals surface area (Å²) in [5, 5.41) is 11.9. The first-order valence-corrected chi connectivity index (χ1v) is 8.73. The Morgan fingerprint density at radius 1 is 1.13 bits per heavy atom. The molecule has 130 valence electrons. The first-order valence-electron chi connectivity index (χ1n) is 8.73. The van der Waals surface area contributed by atoms with Crippen LogP contribution in [0.1, 0.15) is 51.9 Å². The van der Waals surface area contributed by atoms with Gasteiger partial charge in [0.05, 0.1) is 12.5 Å². The summed E-state index contributed by atoms with van der Waals surface area (Å²) in [4.78, 5) is 36.9. The standard InChI is InChI=1S/C17H28N2O4/c1-12-7-14(17(22)23)11-19(10-12)16(21)9-18-15(20)8-13-5-3-2-4-6-13/h12-14H,2-11H2,1H3,(H,18,20)(H,22,23). The van der Waals surface area contributed by atoms with Crippen molar-refractivity contribution in [2.45, 2.75) is 51.9 Å². The second kappa shape index (κ2) is 8.31. The molecule has 1 aliphatic carbocycles. The fourth-order valence-corrected chi connectivity index (χ4v) is 3.75. The molecule has 1 heterocycles. The molecule has 2 fully saturated rings. The van der Waals surface area contributed by atoms with Gasteiger partial charge in [0.25, 0.3) is 0 Å². The topological polar surface area (TPSA) is 86.7 Å². The molecule has 1 saturated carbocycles. The minimum atomic E-state index is -0.851. The number of nitrogens with zero attached hydrogens (tertiary/aromatic N) is 1. The Kier molecular flexibility index (Phi) is 6.42. The van der Waals surface area contributed by atoms with Gasteiger partial charge >= 0.3 is 5.97 Å². The molecule has 2 N–H and O–H groups in total. The molecule has 0 bridgehead atoms. The van der Waals surface area contributed by atoms with Gasteiger partial charge in [-0.15, -0.1) is 0 Å². The summed E-state index contributed by atoms with van der Waals surface area (Å²) in [5.41, 5.74) is 0. The van der Waals surface area contributed by atoms with Crippen LogP contribution < -0.4 is 5.32 Å². The second-order valence-corrected chi connectivity index (χ2v) is 7.16. The Morgan fingerprint density at radius 3 is 2.48 bits per heavy atom. The first-order chi connectivity index (χ1) is 11.0. The average Bonchev–Trinajstić information content (AvgIpc) is 2.53. The number of amides is 2. The predicted molar refractivity (Wildman–Crippen MR) is 85.7 cm³/mol. The zero-order valence-corrected chi connectivity index (χ0v) is 13.9. The van der Waals surface area contributed by atoms with E-state index in [9.17, 15) is 14.4 Å². The molecule has 2 amide bonds. The molecular formula is C17H28N2O4. The molecule has 2 atom stereocenters. The van der Waals surface area contributed by atoms with Crippen LogP contribution >= 0.6 is 0 Å². The van der Waals surface area contributed by atoms with Crippen molar-refractivity contribution in [3.8, 4) is 0 Å². The van der Waals surface area contributed by atoms with Gasteiger partial charge in [-0.25, -0.2) is 0 Å². The van der Waals surface area contributed by atoms with E-state index in [4.69, 9.17) is 5.11 Å². The van der Waals surface area contributed by atoms with Crippen LogP contribution in [0.5, 0.6) is 0 Å². The number of aliphatic carboxylic acids is 1. The van der Waals surface area contributed by atoms with E-state index >= 15 is 0 Å². The molecular weight excluding hydrogens is 296 g/mol. The van der Waals surface area contributed by atoms with E-state index in [0.717, 1.165) is 12.8 Å². The number of hydrogen-bond acceptors (Lipinski definition) is 3. The van der Waals surface area contributed by atoms with Crippen molar-refractivity contribution < 1.29 is 19.5 Å². The van der Waals surface area contributed by atoms with Crippen molar-refractivity contribution in [3.05, 3.63) is 0 Å². The molecule has 2 unspecified atom stereocenters. The smallest absolute Gasteiger partial charge is 0.308 e. The normalized spacial score (nSPS) is 25.9. The highest BCUT2D eigenvalue weighted by atomic mass is 16.4. The van der Waals surface area contributed by atoms with Gasteiger partial charge in [0, 0.05) is 19.5 Å². The van der Waals surface area contributed by atoms with Crippen molar-refractivity contribution in [1.29, 1.82) is 0 Å². The largest absolute Gasteiger partial charge is 0.481 e. The molecule has 2 rings (SSSR count). The number of hydrogen-bond donors (Lipinski definition) is 2. The number of likely N-dealkylation sites (tertiary alicyclic amines) is 1. The SMILES string of the molecule is CC1CC(C(=O)O)CN(C(=O)CNC(=O)CC2CCCCC2)C1. The monoisotopic (exact) mass is 324 g/mol. The Balaban J connectivity index is 1.74. The van der Waals surface area contributed by atoms with Crippen LogP contribution in [0.15, 0.2) is 0 Å². The van der Waals surface area contributed by atoms with Gasteiger partial charge in [-0.1, -0.05) is 26.2 Å². The van der Waals surface area contributed by atoms with E-state index < -0.39 is 11.9 Å². The van der Waals surface area contributed by atoms with Crippen molar-refractivity contribution in [1.82, 2.24) is 10.2 Å². The van der Waals surface area contributed by atoms with Crippen LogP contribution in [0.3, 0.4) is 0 Å². The molecule has 0 radical (unpaired) electrons. The van der Waals surface area contributed by atoms with E-state index in [1.165, 1.54) is 19.3 Å². The Labute approximate surface area is 137 Å². The molecule has 23 heavy (non-hydrogen) atoms. The van der Waals surface area contributed by atoms with Crippen molar-refractivity contribution >= 4 is 17.8 Å². The van der Waals surface area contributed by atoms with Crippen LogP contribution in [0.25, 0.3) is 0 Å². The Hall–Kier alpha value is -1.59. The Bertz CT molecular complexity index is 446. The van der Waals surface area contributed by atoms with Crippen LogP contribution in [0, 0.1) is 17.8 Å². The summed E-state index contributed by atoms with van der Waals surface area (Å²) in [6.07, 6.45) is 6.96. The molecule has 6 heteroatoms. The lowest BCUT2D eigenvalue weighted by molar-refractivity contribution is -0.147. The summed E-state index contributed by atoms with van der Waals surface area (Å²) < 4.78 is 0. The lowest BCUT2D eigenvalue weighted by Crippen LogP contribution is -2.49. The van der Waals surface area contributed by atoms with Crippen LogP contribution in [0.4, 0.5) is 0 Å². The van der Waals surface area contributed by atoms with Gasteiger partial charge in [-0.05, 0) is 31.1 Å². The van der Waals surface area contributed by atoms with Crippen LogP contribution in [-0.4, -0.2) is 47.4 Å². The van der Waals surface area contributed by atoms with Crippen LogP contribution in [0.2, 0.25) is 0 Å². The highest BCUT2D eigenvalue weighted by Crippen LogP contribution is 2.26. The second-order valence-electron chi connectivity index (χ2n) is 7.16. The van der Waals surface area contributed by atoms with E-state index in [0.29, 0.717) is 25.3 Å². The number of carbonyl (C=O) groups excluding carboxylic acids is 2. The maximum Gasteiger partial charge on any atom is 0.308 e. The van der Waals surface area contributed by atoms with Gasteiger partial charge in [-0.3, -0.25) is 14.4 Å². The highest BCUT2D eigenvalue weighted by molar-refractivity contribution is 5.85. The third kappa shape index (κ3) is 5.52. The first kappa shape index (κ1) is 17.8. The average molecular weight is 324 g/mol. The number of nitrogens with one attached hydrogen (secondary N) is 1. The lowest BCUT2D eigenvalue weighted by atomic mass is 9.87. The number of rotatable bonds is 5. The van der Waals surface area contributed by atoms with Gasteiger partial charge < -0.3 is 15.3 Å². The fourth-order valence-electron chi connectivity index (χ4n) is 3.75. The van der Waals surface area contributed by atoms with Gasteiger partial charge in [-0.2, -0.15) is 0 Å². The summed E-state index contributed by atoms with van der Waals surface area (Å²) >= 11 is 0. The lowest BCUT2D eigenvalue weighted by Gasteiger charge is -2.34. The molecule has 0 spiro atoms. The fraction of sp³-hybridized carbons (Fsp3) is 0.824. The molecule has 0 aromatic rings. The van der Waals surface area contributed by atoms with Crippen molar-refractivity contribution in [3.63, 3.8) is 0 Å². The van der Waals surface area contributed by atoms with E-state index in [1.807, 2.05) is 6.92 Å². The molecule has 0 aromatic heterocycles. The summed E-state index contributed by atoms with van der Waals surface area (Å²) in [6, 6.07) is 0. The zero-order valence-electron chi connectivity index (χ0n) is 13.9. The minimum absolute atomic E-state index is 0.0232. The zero-order chi connectivity index (χ0) is 16.8. The maximum absolute atomic E-state index is 12.2. The molecule has 0 aromatic carbocycles. The number of piperidine rings is 1.